The van der Waals surface area contributed by atoms with E-state index in [2.05, 4.69) is 4.43 Å². The van der Waals surface area contributed by atoms with E-state index in [1.54, 1.807) is 6.07 Å². The molecule has 0 spiro atoms. The normalized spacial score (nSPS) is 14.6. The molecule has 0 amide bonds. The number of rotatable bonds is 2. The lowest BCUT2D eigenvalue weighted by atomic mass is 10.5. The highest BCUT2D eigenvalue weighted by Gasteiger charge is 2.32. The van der Waals surface area contributed by atoms with E-state index < -0.39 is 15.2 Å². The average molecular weight is 149 g/mol. The summed E-state index contributed by atoms with van der Waals surface area (Å²) in [7, 11) is -4.46. The summed E-state index contributed by atoms with van der Waals surface area (Å²) in [4.78, 5) is 24.6. The van der Waals surface area contributed by atoms with E-state index in [1.165, 1.54) is 6.92 Å². The van der Waals surface area contributed by atoms with Crippen LogP contribution in [0.4, 0.5) is 0 Å². The van der Waals surface area contributed by atoms with Crippen molar-refractivity contribution in [1.29, 1.82) is 5.26 Å². The van der Waals surface area contributed by atoms with Crippen molar-refractivity contribution in [3.05, 3.63) is 0 Å². The zero-order chi connectivity index (χ0) is 7.49. The minimum absolute atomic E-state index is 0.989. The highest BCUT2D eigenvalue weighted by molar-refractivity contribution is 6.48. The molecule has 52 valence electrons. The van der Waals surface area contributed by atoms with E-state index in [0.29, 0.717) is 0 Å². The van der Waals surface area contributed by atoms with Crippen LogP contribution in [0.5, 0.6) is 0 Å². The second-order valence-electron chi connectivity index (χ2n) is 1.46. The molecule has 0 aromatic rings. The molecule has 0 bridgehead atoms. The quantitative estimate of drug-likeness (QED) is 0.408. The molecule has 0 saturated heterocycles. The van der Waals surface area contributed by atoms with E-state index >= 15 is 0 Å². The van der Waals surface area contributed by atoms with Gasteiger partial charge in [0.2, 0.25) is 0 Å². The lowest BCUT2D eigenvalue weighted by molar-refractivity contribution is 0.0482. The zero-order valence-electron chi connectivity index (χ0n) is 4.77. The van der Waals surface area contributed by atoms with E-state index in [-0.39, 0.29) is 0 Å². The molecular formula is C3H7NO4Si. The van der Waals surface area contributed by atoms with Gasteiger partial charge >= 0.3 is 9.05 Å². The van der Waals surface area contributed by atoms with E-state index in [1.807, 2.05) is 0 Å². The van der Waals surface area contributed by atoms with Gasteiger partial charge in [0.1, 0.15) is 6.10 Å². The fourth-order valence-corrected chi connectivity index (χ4v) is 0.791. The van der Waals surface area contributed by atoms with Crippen molar-refractivity contribution in [2.24, 2.45) is 0 Å². The highest BCUT2D eigenvalue weighted by Crippen LogP contribution is 1.94. The van der Waals surface area contributed by atoms with Crippen molar-refractivity contribution in [1.82, 2.24) is 0 Å². The van der Waals surface area contributed by atoms with Crippen LogP contribution >= 0.6 is 0 Å². The molecule has 5 nitrogen and oxygen atoms in total. The first-order valence-corrected chi connectivity index (χ1v) is 3.95. The van der Waals surface area contributed by atoms with Gasteiger partial charge in [0.15, 0.2) is 0 Å². The Morgan fingerprint density at radius 2 is 2.00 bits per heavy atom. The Bertz CT molecular complexity index is 125. The molecule has 0 aliphatic heterocycles. The molecule has 0 saturated carbocycles. The van der Waals surface area contributed by atoms with Gasteiger partial charge in [-0.15, -0.1) is 0 Å². The van der Waals surface area contributed by atoms with Crippen LogP contribution in [0, 0.1) is 11.3 Å². The Balaban J connectivity index is 3.63. The van der Waals surface area contributed by atoms with Gasteiger partial charge in [-0.1, -0.05) is 0 Å². The smallest absolute Gasteiger partial charge is 0.368 e. The predicted molar refractivity (Wildman–Crippen MR) is 28.6 cm³/mol. The molecule has 9 heavy (non-hydrogen) atoms. The molecule has 0 aliphatic carbocycles. The Morgan fingerprint density at radius 3 is 2.11 bits per heavy atom. The fourth-order valence-electron chi connectivity index (χ4n) is 0.264. The van der Waals surface area contributed by atoms with Gasteiger partial charge in [0, 0.05) is 0 Å². The summed E-state index contributed by atoms with van der Waals surface area (Å²) in [5.74, 6) is 0. The van der Waals surface area contributed by atoms with E-state index in [9.17, 15) is 0 Å². The average Bonchev–Trinajstić information content (AvgIpc) is 1.62. The van der Waals surface area contributed by atoms with Crippen LogP contribution in [0.3, 0.4) is 0 Å². The van der Waals surface area contributed by atoms with Crippen LogP contribution in [-0.2, 0) is 4.43 Å². The van der Waals surface area contributed by atoms with Gasteiger partial charge in [-0.05, 0) is 6.92 Å². The number of nitrogens with zero attached hydrogens (tertiary/aromatic N) is 1. The Morgan fingerprint density at radius 1 is 1.56 bits per heavy atom. The minimum Gasteiger partial charge on any atom is -0.368 e. The van der Waals surface area contributed by atoms with Crippen LogP contribution in [0.25, 0.3) is 0 Å². The summed E-state index contributed by atoms with van der Waals surface area (Å²) in [5.41, 5.74) is 0. The molecule has 0 heterocycles. The Labute approximate surface area is 53.2 Å². The molecule has 0 fully saturated rings. The van der Waals surface area contributed by atoms with Gasteiger partial charge in [0.05, 0.1) is 6.07 Å². The number of nitriles is 1. The zero-order valence-corrected chi connectivity index (χ0v) is 5.77. The molecule has 0 aliphatic rings. The first-order valence-electron chi connectivity index (χ1n) is 2.20. The van der Waals surface area contributed by atoms with E-state index in [4.69, 9.17) is 19.6 Å². The third-order valence-corrected chi connectivity index (χ3v) is 1.19. The first kappa shape index (κ1) is 8.55. The maximum absolute atomic E-state index is 8.20. The van der Waals surface area contributed by atoms with Crippen molar-refractivity contribution in [2.75, 3.05) is 0 Å². The minimum atomic E-state index is -4.46. The van der Waals surface area contributed by atoms with Crippen molar-refractivity contribution in [3.63, 3.8) is 0 Å². The molecule has 6 heteroatoms. The largest absolute Gasteiger partial charge is 0.672 e. The third-order valence-electron chi connectivity index (χ3n) is 0.517. The van der Waals surface area contributed by atoms with Crippen LogP contribution in [0.2, 0.25) is 0 Å². The summed E-state index contributed by atoms with van der Waals surface area (Å²) in [6.45, 7) is 1.30. The Kier molecular flexibility index (Phi) is 2.76. The van der Waals surface area contributed by atoms with Crippen molar-refractivity contribution in [2.45, 2.75) is 13.0 Å². The van der Waals surface area contributed by atoms with E-state index in [0.717, 1.165) is 0 Å². The number of hydrogen-bond acceptors (Lipinski definition) is 5. The first-order chi connectivity index (χ1) is 3.95. The van der Waals surface area contributed by atoms with Gasteiger partial charge in [-0.3, -0.25) is 0 Å². The molecular weight excluding hydrogens is 142 g/mol. The lowest BCUT2D eigenvalue weighted by Crippen LogP contribution is -2.41. The van der Waals surface area contributed by atoms with Crippen molar-refractivity contribution >= 4 is 9.05 Å². The SMILES string of the molecule is CC(C#N)O[Si](O)(O)O. The van der Waals surface area contributed by atoms with Gasteiger partial charge in [-0.25, -0.2) is 0 Å². The summed E-state index contributed by atoms with van der Waals surface area (Å²) >= 11 is 0. The second kappa shape index (κ2) is 2.91. The van der Waals surface area contributed by atoms with Crippen molar-refractivity contribution in [3.8, 4) is 6.07 Å². The maximum Gasteiger partial charge on any atom is 0.672 e. The van der Waals surface area contributed by atoms with Crippen LogP contribution in [0.1, 0.15) is 6.92 Å². The topological polar surface area (TPSA) is 93.7 Å². The monoisotopic (exact) mass is 149 g/mol. The third kappa shape index (κ3) is 5.42. The maximum atomic E-state index is 8.20. The van der Waals surface area contributed by atoms with Crippen LogP contribution < -0.4 is 0 Å². The standard InChI is InChI=1S/C3H7NO4Si/c1-3(2-4)8-9(5,6)7/h3,5-7H,1H3. The van der Waals surface area contributed by atoms with Gasteiger partial charge in [-0.2, -0.15) is 5.26 Å². The summed E-state index contributed by atoms with van der Waals surface area (Å²) < 4.78 is 4.03. The van der Waals surface area contributed by atoms with Gasteiger partial charge < -0.3 is 18.8 Å². The predicted octanol–water partition coefficient (Wildman–Crippen LogP) is -1.67. The molecule has 0 aromatic heterocycles. The summed E-state index contributed by atoms with van der Waals surface area (Å²) in [5, 5.41) is 8.01. The molecule has 1 unspecified atom stereocenters. The van der Waals surface area contributed by atoms with Crippen LogP contribution in [0.15, 0.2) is 0 Å². The molecule has 0 aromatic carbocycles. The lowest BCUT2D eigenvalue weighted by Gasteiger charge is -2.10. The number of hydrogen-bond donors (Lipinski definition) is 3. The van der Waals surface area contributed by atoms with Crippen LogP contribution in [-0.4, -0.2) is 29.5 Å². The molecule has 0 rings (SSSR count). The summed E-state index contributed by atoms with van der Waals surface area (Å²) in [6, 6.07) is 1.55. The fraction of sp³-hybridized carbons (Fsp3) is 0.667. The highest BCUT2D eigenvalue weighted by atomic mass is 28.4. The molecule has 0 radical (unpaired) electrons. The molecule has 1 atom stereocenters. The molecule has 3 N–H and O–H groups in total. The summed E-state index contributed by atoms with van der Waals surface area (Å²) in [6.07, 6.45) is -0.989. The van der Waals surface area contributed by atoms with Gasteiger partial charge in [0.25, 0.3) is 0 Å². The second-order valence-corrected chi connectivity index (χ2v) is 2.85. The Hall–Kier alpha value is -0.453. The van der Waals surface area contributed by atoms with Crippen molar-refractivity contribution < 1.29 is 18.8 Å².